The number of ether oxygens (including phenoxy) is 10. The second-order valence-corrected chi connectivity index (χ2v) is 17.7. The number of carboxylic acid groups (broad SMARTS) is 1. The molecule has 3 saturated heterocycles. The van der Waals surface area contributed by atoms with Gasteiger partial charge in [0.25, 0.3) is 0 Å². The molecule has 3 amide bonds. The van der Waals surface area contributed by atoms with Crippen molar-refractivity contribution in [2.75, 3.05) is 93.3 Å². The number of hydrogen-bond donors (Lipinski definition) is 6. The minimum atomic E-state index is -1.13. The summed E-state index contributed by atoms with van der Waals surface area (Å²) in [6.45, 7) is 5.35. The normalized spacial score (nSPS) is 25.0. The first-order chi connectivity index (χ1) is 34.3. The number of aromatic hydroxyl groups is 2. The van der Waals surface area contributed by atoms with Gasteiger partial charge in [0.2, 0.25) is 23.5 Å². The predicted molar refractivity (Wildman–Crippen MR) is 243 cm³/mol. The van der Waals surface area contributed by atoms with Crippen molar-refractivity contribution in [3.63, 3.8) is 0 Å². The van der Waals surface area contributed by atoms with Crippen LogP contribution in [0.5, 0.6) is 17.2 Å². The van der Waals surface area contributed by atoms with Gasteiger partial charge in [-0.25, -0.2) is 0 Å². The fraction of sp³-hybridized carbons (Fsp3) is 0.625. The first kappa shape index (κ1) is 53.5. The lowest BCUT2D eigenvalue weighted by atomic mass is 9.74. The van der Waals surface area contributed by atoms with Crippen LogP contribution in [0.4, 0.5) is 0 Å². The molecular formula is C48H64N4O19. The maximum Gasteiger partial charge on any atom is 0.308 e. The topological polar surface area (TPSA) is 295 Å². The van der Waals surface area contributed by atoms with E-state index in [-0.39, 0.29) is 112 Å². The number of phenolic OH excluding ortho intramolecular Hbond substituents is 2. The molecule has 23 nitrogen and oxygen atoms in total. The van der Waals surface area contributed by atoms with E-state index in [0.29, 0.717) is 52.2 Å². The number of amides is 3. The average Bonchev–Trinajstić information content (AvgIpc) is 3.88. The Labute approximate surface area is 409 Å². The largest absolute Gasteiger partial charge is 0.507 e. The Kier molecular flexibility index (Phi) is 19.1. The van der Waals surface area contributed by atoms with Crippen molar-refractivity contribution < 1.29 is 91.5 Å². The van der Waals surface area contributed by atoms with Crippen molar-refractivity contribution in [2.45, 2.75) is 89.0 Å². The Balaban J connectivity index is 0.874. The zero-order valence-electron chi connectivity index (χ0n) is 40.1. The number of likely N-dealkylation sites (tertiary alicyclic amines) is 1. The van der Waals surface area contributed by atoms with Gasteiger partial charge in [-0.2, -0.15) is 0 Å². The molecule has 71 heavy (non-hydrogen) atoms. The van der Waals surface area contributed by atoms with Gasteiger partial charge in [-0.1, -0.05) is 12.1 Å². The number of hydrogen-bond acceptors (Lipinski definition) is 19. The standard InChI is InChI=1S/C48H64N4O19/c1-26-31(71-46-48(63-3)68-16-12-49-46)7-8-36(69-26)70-33-24-28(23-30-38(33)44(58)40-39(42(30)56)41(55)29-5-4-6-32(62-2)37(29)43(40)57)45(59)51-50-34(53)10-14-64-17-19-66-21-22-67-20-18-65-15-11-35(54)52-13-9-27(25-52)47(60)61/h4-6,26-28,31,33,36,46,48-49,56,58H,7-25H2,1-3H3,(H,50,53)(H,51,59)(H,60,61)/t26-,27?,28?,31-,33-,36-,46+,48-/m0/s1. The van der Waals surface area contributed by atoms with Gasteiger partial charge < -0.3 is 67.6 Å². The molecule has 2 unspecified atom stereocenters. The number of nitrogens with zero attached hydrogens (tertiary/aromatic N) is 1. The minimum absolute atomic E-state index is 0.0202. The molecule has 0 bridgehead atoms. The lowest BCUT2D eigenvalue weighted by Gasteiger charge is -2.41. The Morgan fingerprint density at radius 3 is 2.17 bits per heavy atom. The molecule has 3 heterocycles. The number of morpholine rings is 1. The number of carbonyl (C=O) groups excluding carboxylic acids is 5. The van der Waals surface area contributed by atoms with Crippen LogP contribution in [0.15, 0.2) is 18.2 Å². The monoisotopic (exact) mass is 1000 g/mol. The number of nitrogens with one attached hydrogen (secondary N) is 3. The second kappa shape index (κ2) is 25.4. The lowest BCUT2D eigenvalue weighted by molar-refractivity contribution is -0.280. The van der Waals surface area contributed by atoms with Gasteiger partial charge >= 0.3 is 5.97 Å². The third-order valence-corrected chi connectivity index (χ3v) is 13.1. The summed E-state index contributed by atoms with van der Waals surface area (Å²) in [5.41, 5.74) is 4.00. The summed E-state index contributed by atoms with van der Waals surface area (Å²) in [5, 5.41) is 36.2. The zero-order chi connectivity index (χ0) is 50.6. The highest BCUT2D eigenvalue weighted by atomic mass is 16.7. The summed E-state index contributed by atoms with van der Waals surface area (Å²) < 4.78 is 57.4. The van der Waals surface area contributed by atoms with E-state index in [1.54, 1.807) is 4.90 Å². The maximum absolute atomic E-state index is 14.1. The molecule has 7 rings (SSSR count). The summed E-state index contributed by atoms with van der Waals surface area (Å²) in [4.78, 5) is 79.5. The number of phenols is 2. The summed E-state index contributed by atoms with van der Waals surface area (Å²) in [5.74, 6) is -6.16. The van der Waals surface area contributed by atoms with E-state index in [2.05, 4.69) is 16.2 Å². The van der Waals surface area contributed by atoms with Crippen molar-refractivity contribution >= 4 is 35.3 Å². The van der Waals surface area contributed by atoms with Gasteiger partial charge in [-0.3, -0.25) is 44.9 Å². The fourth-order valence-corrected chi connectivity index (χ4v) is 9.37. The van der Waals surface area contributed by atoms with Crippen LogP contribution < -0.4 is 20.9 Å². The van der Waals surface area contributed by atoms with Gasteiger partial charge in [0.15, 0.2) is 24.6 Å². The van der Waals surface area contributed by atoms with Crippen LogP contribution in [0.1, 0.15) is 94.5 Å². The first-order valence-corrected chi connectivity index (χ1v) is 23.9. The molecule has 8 atom stereocenters. The van der Waals surface area contributed by atoms with Crippen molar-refractivity contribution in [1.82, 2.24) is 21.1 Å². The molecule has 2 aromatic rings. The van der Waals surface area contributed by atoms with Crippen molar-refractivity contribution in [3.05, 3.63) is 51.6 Å². The lowest BCUT2D eigenvalue weighted by Crippen LogP contribution is -2.54. The van der Waals surface area contributed by atoms with Crippen molar-refractivity contribution in [3.8, 4) is 17.2 Å². The van der Waals surface area contributed by atoms with Crippen LogP contribution in [0.3, 0.4) is 0 Å². The number of benzene rings is 2. The van der Waals surface area contributed by atoms with Gasteiger partial charge in [0.05, 0.1) is 120 Å². The van der Waals surface area contributed by atoms with Crippen LogP contribution in [-0.2, 0) is 68.2 Å². The van der Waals surface area contributed by atoms with E-state index in [1.807, 2.05) is 6.92 Å². The first-order valence-electron chi connectivity index (χ1n) is 23.9. The summed E-state index contributed by atoms with van der Waals surface area (Å²) in [6.07, 6.45) is -2.96. The Bertz CT molecular complexity index is 2240. The number of rotatable bonds is 23. The highest BCUT2D eigenvalue weighted by Crippen LogP contribution is 2.51. The Morgan fingerprint density at radius 2 is 1.51 bits per heavy atom. The van der Waals surface area contributed by atoms with E-state index >= 15 is 0 Å². The second-order valence-electron chi connectivity index (χ2n) is 17.7. The highest BCUT2D eigenvalue weighted by Gasteiger charge is 2.45. The zero-order valence-corrected chi connectivity index (χ0v) is 40.1. The summed E-state index contributed by atoms with van der Waals surface area (Å²) in [6, 6.07) is 4.48. The molecule has 6 N–H and O–H groups in total. The fourth-order valence-electron chi connectivity index (χ4n) is 9.37. The molecule has 23 heteroatoms. The summed E-state index contributed by atoms with van der Waals surface area (Å²) >= 11 is 0. The van der Waals surface area contributed by atoms with Gasteiger partial charge in [0, 0.05) is 55.8 Å². The quantitative estimate of drug-likeness (QED) is 0.0443. The minimum Gasteiger partial charge on any atom is -0.507 e. The van der Waals surface area contributed by atoms with Crippen LogP contribution >= 0.6 is 0 Å². The number of carbonyl (C=O) groups is 6. The van der Waals surface area contributed by atoms with Crippen LogP contribution in [0.2, 0.25) is 0 Å². The molecule has 2 aliphatic carbocycles. The third kappa shape index (κ3) is 13.0. The number of ketones is 2. The Hall–Kier alpha value is -5.34. The number of aliphatic carboxylic acids is 1. The number of methoxy groups -OCH3 is 2. The van der Waals surface area contributed by atoms with Crippen molar-refractivity contribution in [2.24, 2.45) is 11.8 Å². The Morgan fingerprint density at radius 1 is 0.817 bits per heavy atom. The predicted octanol–water partition coefficient (Wildman–Crippen LogP) is 1.26. The van der Waals surface area contributed by atoms with Gasteiger partial charge in [-0.15, -0.1) is 0 Å². The van der Waals surface area contributed by atoms with Crippen molar-refractivity contribution in [1.29, 1.82) is 0 Å². The van der Waals surface area contributed by atoms with E-state index in [9.17, 15) is 39.0 Å². The molecule has 5 aliphatic rings. The van der Waals surface area contributed by atoms with Gasteiger partial charge in [0.1, 0.15) is 17.2 Å². The van der Waals surface area contributed by atoms with Crippen LogP contribution in [-0.4, -0.2) is 180 Å². The van der Waals surface area contributed by atoms with Gasteiger partial charge in [-0.05, 0) is 38.7 Å². The highest BCUT2D eigenvalue weighted by molar-refractivity contribution is 6.31. The molecule has 0 spiro atoms. The van der Waals surface area contributed by atoms with E-state index in [0.717, 1.165) is 0 Å². The smallest absolute Gasteiger partial charge is 0.308 e. The number of hydrazine groups is 1. The molecule has 390 valence electrons. The SMILES string of the molecule is COc1cccc2c1C(=O)c1c(O)c3c(c(O)c1C2=O)CC(C(=O)NNC(=O)CCOCCOCCOCCOCCC(=O)N1CCC(C(=O)O)C1)C[C@@H]3O[C@H]1CC[C@H](O[C@H]2NCCO[C@@H]2OC)[C@H](C)O1. The third-order valence-electron chi connectivity index (χ3n) is 13.1. The molecule has 0 radical (unpaired) electrons. The molecule has 0 aromatic heterocycles. The van der Waals surface area contributed by atoms with Crippen LogP contribution in [0, 0.1) is 11.8 Å². The van der Waals surface area contributed by atoms with E-state index in [4.69, 9.17) is 52.5 Å². The maximum atomic E-state index is 14.1. The summed E-state index contributed by atoms with van der Waals surface area (Å²) in [7, 11) is 2.87. The molecular weight excluding hydrogens is 937 g/mol. The molecule has 3 fully saturated rings. The molecule has 3 aliphatic heterocycles. The van der Waals surface area contributed by atoms with E-state index < -0.39 is 94.8 Å². The van der Waals surface area contributed by atoms with E-state index in [1.165, 1.54) is 32.4 Å². The average molecular weight is 1000 g/mol. The van der Waals surface area contributed by atoms with Crippen LogP contribution in [0.25, 0.3) is 0 Å². The number of fused-ring (bicyclic) bond motifs is 3. The molecule has 2 aromatic carbocycles. The molecule has 0 saturated carbocycles. The number of carboxylic acids is 1.